The summed E-state index contributed by atoms with van der Waals surface area (Å²) >= 11 is 0. The van der Waals surface area contributed by atoms with Gasteiger partial charge < -0.3 is 9.64 Å². The summed E-state index contributed by atoms with van der Waals surface area (Å²) < 4.78 is 5.46. The van der Waals surface area contributed by atoms with E-state index in [1.165, 1.54) is 16.7 Å². The summed E-state index contributed by atoms with van der Waals surface area (Å²) in [5.41, 5.74) is 5.27. The van der Waals surface area contributed by atoms with E-state index in [4.69, 9.17) is 9.72 Å². The van der Waals surface area contributed by atoms with Gasteiger partial charge in [0.1, 0.15) is 0 Å². The van der Waals surface area contributed by atoms with Crippen LogP contribution in [0.1, 0.15) is 28.4 Å². The van der Waals surface area contributed by atoms with Gasteiger partial charge in [-0.15, -0.1) is 0 Å². The van der Waals surface area contributed by atoms with Crippen LogP contribution in [0.25, 0.3) is 0 Å². The van der Waals surface area contributed by atoms with Crippen molar-refractivity contribution in [1.82, 2.24) is 14.9 Å². The standard InChI is InChI=1S/C24H26N4O/c1-2-7-20(8-3-1)23-22-9-5-4-6-19(22)11-13-28(23)18-21-10-12-25-24(26-21)27-14-16-29-17-15-27/h1-10,12,23H,11,13-18H2. The van der Waals surface area contributed by atoms with Gasteiger partial charge in [-0.25, -0.2) is 9.97 Å². The molecule has 1 aromatic heterocycles. The largest absolute Gasteiger partial charge is 0.378 e. The molecule has 0 bridgehead atoms. The molecule has 29 heavy (non-hydrogen) atoms. The summed E-state index contributed by atoms with van der Waals surface area (Å²) in [4.78, 5) is 14.2. The van der Waals surface area contributed by atoms with Gasteiger partial charge in [0.15, 0.2) is 0 Å². The van der Waals surface area contributed by atoms with Gasteiger partial charge in [-0.2, -0.15) is 0 Å². The molecule has 2 aliphatic rings. The summed E-state index contributed by atoms with van der Waals surface area (Å²) in [6.07, 6.45) is 2.96. The quantitative estimate of drug-likeness (QED) is 0.687. The Morgan fingerprint density at radius 1 is 0.897 bits per heavy atom. The number of nitrogens with zero attached hydrogens (tertiary/aromatic N) is 4. The van der Waals surface area contributed by atoms with Crippen LogP contribution in [-0.4, -0.2) is 47.7 Å². The zero-order valence-corrected chi connectivity index (χ0v) is 16.6. The first-order chi connectivity index (χ1) is 14.4. The topological polar surface area (TPSA) is 41.5 Å². The van der Waals surface area contributed by atoms with Crippen molar-refractivity contribution in [2.75, 3.05) is 37.7 Å². The lowest BCUT2D eigenvalue weighted by molar-refractivity contribution is 0.122. The number of hydrogen-bond acceptors (Lipinski definition) is 5. The fraction of sp³-hybridized carbons (Fsp3) is 0.333. The molecule has 0 saturated carbocycles. The van der Waals surface area contributed by atoms with Crippen molar-refractivity contribution in [1.29, 1.82) is 0 Å². The fourth-order valence-corrected chi connectivity index (χ4v) is 4.41. The van der Waals surface area contributed by atoms with Crippen molar-refractivity contribution in [3.8, 4) is 0 Å². The Morgan fingerprint density at radius 2 is 1.69 bits per heavy atom. The minimum Gasteiger partial charge on any atom is -0.378 e. The molecule has 148 valence electrons. The zero-order chi connectivity index (χ0) is 19.5. The van der Waals surface area contributed by atoms with Gasteiger partial charge in [-0.1, -0.05) is 54.6 Å². The second-order valence-electron chi connectivity index (χ2n) is 7.68. The van der Waals surface area contributed by atoms with Crippen LogP contribution < -0.4 is 4.90 Å². The normalized spacial score (nSPS) is 19.7. The Morgan fingerprint density at radius 3 is 2.55 bits per heavy atom. The first kappa shape index (κ1) is 18.3. The summed E-state index contributed by atoms with van der Waals surface area (Å²) in [5, 5.41) is 0. The Balaban J connectivity index is 1.44. The van der Waals surface area contributed by atoms with Crippen molar-refractivity contribution >= 4 is 5.95 Å². The maximum Gasteiger partial charge on any atom is 0.225 e. The van der Waals surface area contributed by atoms with Crippen molar-refractivity contribution in [3.05, 3.63) is 89.2 Å². The molecule has 0 aliphatic carbocycles. The van der Waals surface area contributed by atoms with E-state index < -0.39 is 0 Å². The Kier molecular flexibility index (Phi) is 5.24. The molecule has 3 aromatic rings. The monoisotopic (exact) mass is 386 g/mol. The molecule has 0 amide bonds. The van der Waals surface area contributed by atoms with Crippen molar-refractivity contribution in [3.63, 3.8) is 0 Å². The van der Waals surface area contributed by atoms with E-state index in [0.717, 1.165) is 57.5 Å². The van der Waals surface area contributed by atoms with E-state index in [2.05, 4.69) is 69.4 Å². The number of morpholine rings is 1. The highest BCUT2D eigenvalue weighted by molar-refractivity contribution is 5.40. The number of fused-ring (bicyclic) bond motifs is 1. The highest BCUT2D eigenvalue weighted by atomic mass is 16.5. The third-order valence-electron chi connectivity index (χ3n) is 5.86. The van der Waals surface area contributed by atoms with E-state index >= 15 is 0 Å². The van der Waals surface area contributed by atoms with Crippen LogP contribution in [0.5, 0.6) is 0 Å². The Bertz CT molecular complexity index is 956. The third kappa shape index (κ3) is 3.88. The van der Waals surface area contributed by atoms with Crippen LogP contribution in [0.3, 0.4) is 0 Å². The predicted octanol–water partition coefficient (Wildman–Crippen LogP) is 3.46. The van der Waals surface area contributed by atoms with Crippen LogP contribution in [0.15, 0.2) is 66.9 Å². The van der Waals surface area contributed by atoms with Gasteiger partial charge in [-0.05, 0) is 29.2 Å². The van der Waals surface area contributed by atoms with E-state index in [1.807, 2.05) is 12.3 Å². The Hall–Kier alpha value is -2.76. The highest BCUT2D eigenvalue weighted by Gasteiger charge is 2.29. The molecule has 3 heterocycles. The molecular weight excluding hydrogens is 360 g/mol. The first-order valence-electron chi connectivity index (χ1n) is 10.4. The average molecular weight is 386 g/mol. The molecule has 5 heteroatoms. The zero-order valence-electron chi connectivity index (χ0n) is 16.6. The van der Waals surface area contributed by atoms with Gasteiger partial charge in [0.25, 0.3) is 0 Å². The second-order valence-corrected chi connectivity index (χ2v) is 7.68. The molecule has 1 atom stereocenters. The maximum absolute atomic E-state index is 5.46. The SMILES string of the molecule is c1ccc(C2c3ccccc3CCN2Cc2ccnc(N3CCOCC3)n2)cc1. The van der Waals surface area contributed by atoms with E-state index in [0.29, 0.717) is 0 Å². The first-order valence-corrected chi connectivity index (χ1v) is 10.4. The third-order valence-corrected chi connectivity index (χ3v) is 5.86. The molecule has 2 aliphatic heterocycles. The lowest BCUT2D eigenvalue weighted by Crippen LogP contribution is -2.38. The molecule has 1 fully saturated rings. The van der Waals surface area contributed by atoms with Crippen LogP contribution in [-0.2, 0) is 17.7 Å². The van der Waals surface area contributed by atoms with Gasteiger partial charge >= 0.3 is 0 Å². The average Bonchev–Trinajstić information content (AvgIpc) is 2.80. The molecule has 0 radical (unpaired) electrons. The van der Waals surface area contributed by atoms with Crippen LogP contribution in [0, 0.1) is 0 Å². The summed E-state index contributed by atoms with van der Waals surface area (Å²) in [7, 11) is 0. The van der Waals surface area contributed by atoms with Crippen LogP contribution in [0.4, 0.5) is 5.95 Å². The van der Waals surface area contributed by atoms with Crippen molar-refractivity contribution < 1.29 is 4.74 Å². The molecular formula is C24H26N4O. The highest BCUT2D eigenvalue weighted by Crippen LogP contribution is 2.35. The smallest absolute Gasteiger partial charge is 0.225 e. The van der Waals surface area contributed by atoms with E-state index in [1.54, 1.807) is 0 Å². The summed E-state index contributed by atoms with van der Waals surface area (Å²) in [5.74, 6) is 0.819. The lowest BCUT2D eigenvalue weighted by atomic mass is 9.88. The molecule has 0 spiro atoms. The number of anilines is 1. The van der Waals surface area contributed by atoms with Crippen molar-refractivity contribution in [2.45, 2.75) is 19.0 Å². The van der Waals surface area contributed by atoms with Gasteiger partial charge in [-0.3, -0.25) is 4.90 Å². The van der Waals surface area contributed by atoms with Crippen LogP contribution in [0.2, 0.25) is 0 Å². The van der Waals surface area contributed by atoms with Gasteiger partial charge in [0.2, 0.25) is 5.95 Å². The minimum absolute atomic E-state index is 0.253. The fourth-order valence-electron chi connectivity index (χ4n) is 4.41. The molecule has 2 aromatic carbocycles. The number of benzene rings is 2. The molecule has 0 N–H and O–H groups in total. The van der Waals surface area contributed by atoms with Crippen LogP contribution >= 0.6 is 0 Å². The molecule has 1 saturated heterocycles. The number of hydrogen-bond donors (Lipinski definition) is 0. The Labute approximate surface area is 172 Å². The molecule has 5 nitrogen and oxygen atoms in total. The predicted molar refractivity (Wildman–Crippen MR) is 114 cm³/mol. The van der Waals surface area contributed by atoms with Crippen molar-refractivity contribution in [2.24, 2.45) is 0 Å². The number of aromatic nitrogens is 2. The summed E-state index contributed by atoms with van der Waals surface area (Å²) in [6.45, 7) is 5.03. The molecule has 1 unspecified atom stereocenters. The van der Waals surface area contributed by atoms with Gasteiger partial charge in [0, 0.05) is 32.4 Å². The lowest BCUT2D eigenvalue weighted by Gasteiger charge is -2.37. The second kappa shape index (κ2) is 8.31. The summed E-state index contributed by atoms with van der Waals surface area (Å²) in [6, 6.07) is 22.0. The minimum atomic E-state index is 0.253. The number of ether oxygens (including phenoxy) is 1. The maximum atomic E-state index is 5.46. The number of rotatable bonds is 4. The molecule has 5 rings (SSSR count). The van der Waals surface area contributed by atoms with Gasteiger partial charge in [0.05, 0.1) is 24.9 Å². The van der Waals surface area contributed by atoms with E-state index in [-0.39, 0.29) is 6.04 Å². The van der Waals surface area contributed by atoms with E-state index in [9.17, 15) is 0 Å².